The molecular formula is C33H50N7O6+. The van der Waals surface area contributed by atoms with Crippen molar-refractivity contribution in [2.24, 2.45) is 11.5 Å². The third kappa shape index (κ3) is 11.4. The lowest BCUT2D eigenvalue weighted by Gasteiger charge is -2.27. The normalized spacial score (nSPS) is 15.7. The molecule has 10 N–H and O–H groups in total. The number of hydrogen-bond acceptors (Lipinski definition) is 7. The molecule has 46 heavy (non-hydrogen) atoms. The van der Waals surface area contributed by atoms with E-state index in [0.717, 1.165) is 22.8 Å². The van der Waals surface area contributed by atoms with E-state index in [2.05, 4.69) is 21.7 Å². The molecular weight excluding hydrogens is 590 g/mol. The van der Waals surface area contributed by atoms with Crippen molar-refractivity contribution in [3.05, 3.63) is 48.0 Å². The highest BCUT2D eigenvalue weighted by Crippen LogP contribution is 2.23. The van der Waals surface area contributed by atoms with E-state index in [0.29, 0.717) is 64.6 Å². The number of unbranched alkanes of at least 4 members (excludes halogenated alkanes) is 2. The van der Waals surface area contributed by atoms with E-state index in [-0.39, 0.29) is 38.0 Å². The maximum absolute atomic E-state index is 13.6. The highest BCUT2D eigenvalue weighted by atomic mass is 16.5. The van der Waals surface area contributed by atoms with E-state index in [1.165, 1.54) is 0 Å². The Morgan fingerprint density at radius 2 is 1.65 bits per heavy atom. The maximum atomic E-state index is 13.6. The van der Waals surface area contributed by atoms with Gasteiger partial charge in [-0.1, -0.05) is 42.5 Å². The second kappa shape index (κ2) is 19.4. The van der Waals surface area contributed by atoms with E-state index in [9.17, 15) is 24.0 Å². The summed E-state index contributed by atoms with van der Waals surface area (Å²) in [5.41, 5.74) is 15.5. The van der Waals surface area contributed by atoms with Crippen molar-refractivity contribution >= 4 is 40.3 Å². The van der Waals surface area contributed by atoms with Crippen LogP contribution in [0.2, 0.25) is 0 Å². The van der Waals surface area contributed by atoms with Crippen molar-refractivity contribution in [1.82, 2.24) is 20.9 Å². The number of likely N-dealkylation sites (tertiary alicyclic amines) is 1. The molecule has 3 rings (SSSR count). The largest absolute Gasteiger partial charge is 0.370 e. The van der Waals surface area contributed by atoms with Gasteiger partial charge >= 0.3 is 0 Å². The molecule has 13 nitrogen and oxygen atoms in total. The molecule has 0 aliphatic carbocycles. The summed E-state index contributed by atoms with van der Waals surface area (Å²) in [5.74, 6) is -2.01. The number of ether oxygens (including phenoxy) is 1. The summed E-state index contributed by atoms with van der Waals surface area (Å²) in [6.45, 7) is 1.56. The summed E-state index contributed by atoms with van der Waals surface area (Å²) in [4.78, 5) is 66.1. The molecule has 0 aromatic heterocycles. The second-order valence-electron chi connectivity index (χ2n) is 11.6. The van der Waals surface area contributed by atoms with Gasteiger partial charge in [-0.15, -0.1) is 0 Å². The van der Waals surface area contributed by atoms with Gasteiger partial charge < -0.3 is 42.8 Å². The minimum Gasteiger partial charge on any atom is -0.370 e. The number of carbonyl (C=O) groups excluding carboxylic acids is 5. The molecule has 0 saturated carbocycles. The number of hydrogen-bond donors (Lipinski definition) is 6. The standard InChI is InChI=1S/C33H49N7O6/c34-16-5-3-13-26(31(43)37-18-20-46-22-29(36)41)38-32(44)27(14-4-6-17-35)39-33(45)28-15-8-19-40(28)30(42)21-24-11-7-10-23-9-1-2-12-25(23)24/h1-2,7,9-12,26-28H,3-6,8,13-22,34-35H2,(H2,36,41)(H,37,43)(H,38,44)(H,39,45)/p+1. The molecule has 1 aliphatic rings. The lowest BCUT2D eigenvalue weighted by atomic mass is 10.0. The Hall–Kier alpha value is -4.07. The average Bonchev–Trinajstić information content (AvgIpc) is 3.54. The zero-order valence-electron chi connectivity index (χ0n) is 26.6. The Morgan fingerprint density at radius 3 is 2.39 bits per heavy atom. The SMILES string of the molecule is NCCCCC(NC(=O)C1CCCN1C(=O)Cc1cccc2ccccc12)C(=O)NC(CCCC[NH3+])C(=O)NCCOCC(N)=O. The van der Waals surface area contributed by atoms with Crippen LogP contribution in [0.1, 0.15) is 56.9 Å². The van der Waals surface area contributed by atoms with Crippen molar-refractivity contribution < 1.29 is 34.4 Å². The predicted octanol–water partition coefficient (Wildman–Crippen LogP) is -0.498. The molecule has 2 aromatic carbocycles. The number of quaternary nitrogens is 1. The van der Waals surface area contributed by atoms with Gasteiger partial charge in [-0.25, -0.2) is 0 Å². The Bertz CT molecular complexity index is 1320. The molecule has 5 amide bonds. The number of primary amides is 1. The molecule has 1 saturated heterocycles. The molecule has 0 bridgehead atoms. The van der Waals surface area contributed by atoms with Gasteiger partial charge in [-0.2, -0.15) is 0 Å². The Morgan fingerprint density at radius 1 is 0.935 bits per heavy atom. The fourth-order valence-electron chi connectivity index (χ4n) is 5.69. The molecule has 252 valence electrons. The van der Waals surface area contributed by atoms with Gasteiger partial charge in [0.25, 0.3) is 0 Å². The fourth-order valence-corrected chi connectivity index (χ4v) is 5.69. The molecule has 3 unspecified atom stereocenters. The molecule has 3 atom stereocenters. The van der Waals surface area contributed by atoms with E-state index in [1.54, 1.807) is 4.90 Å². The average molecular weight is 641 g/mol. The van der Waals surface area contributed by atoms with Crippen LogP contribution >= 0.6 is 0 Å². The third-order valence-corrected chi connectivity index (χ3v) is 8.09. The van der Waals surface area contributed by atoms with Crippen molar-refractivity contribution in [2.75, 3.05) is 39.4 Å². The second-order valence-corrected chi connectivity index (χ2v) is 11.6. The zero-order chi connectivity index (χ0) is 33.3. The van der Waals surface area contributed by atoms with Gasteiger partial charge in [-0.05, 0) is 74.2 Å². The number of rotatable bonds is 20. The number of nitrogens with two attached hydrogens (primary N) is 2. The van der Waals surface area contributed by atoms with Crippen LogP contribution in [0.25, 0.3) is 10.8 Å². The first-order valence-electron chi connectivity index (χ1n) is 16.2. The lowest BCUT2D eigenvalue weighted by Crippen LogP contribution is -2.56. The molecule has 1 fully saturated rings. The van der Waals surface area contributed by atoms with Crippen LogP contribution in [0.5, 0.6) is 0 Å². The summed E-state index contributed by atoms with van der Waals surface area (Å²) in [6.07, 6.45) is 4.78. The van der Waals surface area contributed by atoms with E-state index in [4.69, 9.17) is 16.2 Å². The summed E-state index contributed by atoms with van der Waals surface area (Å²) in [7, 11) is 0. The number of nitrogens with one attached hydrogen (secondary N) is 3. The maximum Gasteiger partial charge on any atom is 0.243 e. The lowest BCUT2D eigenvalue weighted by molar-refractivity contribution is -0.368. The van der Waals surface area contributed by atoms with E-state index >= 15 is 0 Å². The number of carbonyl (C=O) groups is 5. The molecule has 1 heterocycles. The highest BCUT2D eigenvalue weighted by Gasteiger charge is 2.36. The molecule has 2 aromatic rings. The summed E-state index contributed by atoms with van der Waals surface area (Å²) in [6, 6.07) is 11.3. The van der Waals surface area contributed by atoms with Crippen LogP contribution in [0.3, 0.4) is 0 Å². The Kier molecular flexibility index (Phi) is 15.4. The first-order chi connectivity index (χ1) is 22.2. The summed E-state index contributed by atoms with van der Waals surface area (Å²) in [5, 5.41) is 10.5. The summed E-state index contributed by atoms with van der Waals surface area (Å²) >= 11 is 0. The number of amides is 5. The van der Waals surface area contributed by atoms with Crippen molar-refractivity contribution in [3.63, 3.8) is 0 Å². The van der Waals surface area contributed by atoms with E-state index < -0.39 is 35.8 Å². The van der Waals surface area contributed by atoms with Crippen LogP contribution in [0, 0.1) is 0 Å². The fraction of sp³-hybridized carbons (Fsp3) is 0.545. The molecule has 0 radical (unpaired) electrons. The zero-order valence-corrected chi connectivity index (χ0v) is 26.6. The minimum atomic E-state index is -0.906. The number of fused-ring (bicyclic) bond motifs is 1. The van der Waals surface area contributed by atoms with Crippen molar-refractivity contribution in [1.29, 1.82) is 0 Å². The van der Waals surface area contributed by atoms with Gasteiger partial charge in [0.2, 0.25) is 29.5 Å². The molecule has 13 heteroatoms. The van der Waals surface area contributed by atoms with Crippen LogP contribution in [0.4, 0.5) is 0 Å². The monoisotopic (exact) mass is 640 g/mol. The van der Waals surface area contributed by atoms with E-state index in [1.807, 2.05) is 42.5 Å². The van der Waals surface area contributed by atoms with Crippen molar-refractivity contribution in [3.8, 4) is 0 Å². The van der Waals surface area contributed by atoms with Crippen LogP contribution < -0.4 is 33.2 Å². The van der Waals surface area contributed by atoms with Gasteiger partial charge in [0, 0.05) is 13.1 Å². The summed E-state index contributed by atoms with van der Waals surface area (Å²) < 4.78 is 5.10. The Balaban J connectivity index is 1.66. The van der Waals surface area contributed by atoms with Crippen LogP contribution in [-0.4, -0.2) is 92.0 Å². The molecule has 1 aliphatic heterocycles. The quantitative estimate of drug-likeness (QED) is 0.104. The number of nitrogens with zero attached hydrogens (tertiary/aromatic N) is 1. The van der Waals surface area contributed by atoms with Crippen LogP contribution in [0.15, 0.2) is 42.5 Å². The predicted molar refractivity (Wildman–Crippen MR) is 174 cm³/mol. The topological polar surface area (TPSA) is 214 Å². The first kappa shape index (κ1) is 36.4. The van der Waals surface area contributed by atoms with Gasteiger partial charge in [0.15, 0.2) is 0 Å². The highest BCUT2D eigenvalue weighted by molar-refractivity contribution is 5.95. The smallest absolute Gasteiger partial charge is 0.243 e. The Labute approximate surface area is 270 Å². The first-order valence-corrected chi connectivity index (χ1v) is 16.2. The van der Waals surface area contributed by atoms with Gasteiger partial charge in [0.05, 0.1) is 19.6 Å². The minimum absolute atomic E-state index is 0.0864. The molecule has 0 spiro atoms. The van der Waals surface area contributed by atoms with Gasteiger partial charge in [-0.3, -0.25) is 24.0 Å². The van der Waals surface area contributed by atoms with Crippen molar-refractivity contribution in [2.45, 2.75) is 75.9 Å². The number of benzene rings is 2. The third-order valence-electron chi connectivity index (χ3n) is 8.09. The van der Waals surface area contributed by atoms with Gasteiger partial charge in [0.1, 0.15) is 24.7 Å². The van der Waals surface area contributed by atoms with Crippen LogP contribution in [-0.2, 0) is 35.1 Å².